The number of methoxy groups -OCH3 is 1. The first-order valence-electron chi connectivity index (χ1n) is 7.46. The highest BCUT2D eigenvalue weighted by Crippen LogP contribution is 2.17. The van der Waals surface area contributed by atoms with Gasteiger partial charge < -0.3 is 14.8 Å². The molecular weight excluding hydrogens is 297 g/mol. The van der Waals surface area contributed by atoms with Gasteiger partial charge in [0.15, 0.2) is 0 Å². The quantitative estimate of drug-likeness (QED) is 0.814. The van der Waals surface area contributed by atoms with Gasteiger partial charge in [-0.1, -0.05) is 18.2 Å². The van der Waals surface area contributed by atoms with E-state index in [2.05, 4.69) is 5.32 Å². The van der Waals surface area contributed by atoms with Crippen LogP contribution in [0, 0.1) is 5.82 Å². The molecule has 0 aliphatic carbocycles. The third-order valence-corrected chi connectivity index (χ3v) is 3.32. The summed E-state index contributed by atoms with van der Waals surface area (Å²) in [6.07, 6.45) is 0.956. The minimum atomic E-state index is -0.313. The second kappa shape index (κ2) is 8.78. The van der Waals surface area contributed by atoms with Crippen molar-refractivity contribution in [1.29, 1.82) is 0 Å². The third-order valence-electron chi connectivity index (χ3n) is 3.32. The van der Waals surface area contributed by atoms with Crippen molar-refractivity contribution >= 4 is 5.91 Å². The first kappa shape index (κ1) is 16.8. The number of benzene rings is 2. The first-order valence-corrected chi connectivity index (χ1v) is 7.46. The molecule has 0 saturated heterocycles. The second-order valence-corrected chi connectivity index (χ2v) is 4.96. The number of hydrogen-bond donors (Lipinski definition) is 1. The maximum absolute atomic E-state index is 12.7. The van der Waals surface area contributed by atoms with Crippen LogP contribution in [0.3, 0.4) is 0 Å². The van der Waals surface area contributed by atoms with E-state index < -0.39 is 0 Å². The fraction of sp³-hybridized carbons (Fsp3) is 0.278. The maximum atomic E-state index is 12.7. The molecule has 0 aliphatic rings. The van der Waals surface area contributed by atoms with E-state index in [0.29, 0.717) is 18.7 Å². The molecule has 23 heavy (non-hydrogen) atoms. The van der Waals surface area contributed by atoms with Crippen LogP contribution in [0.1, 0.15) is 12.0 Å². The molecule has 0 atom stereocenters. The molecule has 0 bridgehead atoms. The summed E-state index contributed by atoms with van der Waals surface area (Å²) in [5.74, 6) is 0.975. The monoisotopic (exact) mass is 317 g/mol. The van der Waals surface area contributed by atoms with Gasteiger partial charge in [-0.2, -0.15) is 0 Å². The van der Waals surface area contributed by atoms with Crippen LogP contribution in [0.15, 0.2) is 48.5 Å². The van der Waals surface area contributed by atoms with Gasteiger partial charge in [-0.15, -0.1) is 0 Å². The number of para-hydroxylation sites is 1. The predicted molar refractivity (Wildman–Crippen MR) is 86.2 cm³/mol. The Morgan fingerprint density at radius 1 is 1.13 bits per heavy atom. The van der Waals surface area contributed by atoms with Crippen LogP contribution in [0.2, 0.25) is 0 Å². The molecule has 122 valence electrons. The van der Waals surface area contributed by atoms with Crippen molar-refractivity contribution < 1.29 is 18.7 Å². The number of amides is 1. The minimum Gasteiger partial charge on any atom is -0.496 e. The molecule has 2 aromatic carbocycles. The van der Waals surface area contributed by atoms with Gasteiger partial charge in [-0.25, -0.2) is 4.39 Å². The summed E-state index contributed by atoms with van der Waals surface area (Å²) in [5, 5.41) is 2.84. The van der Waals surface area contributed by atoms with Gasteiger partial charge in [0.1, 0.15) is 17.3 Å². The van der Waals surface area contributed by atoms with Crippen molar-refractivity contribution in [2.45, 2.75) is 12.8 Å². The van der Waals surface area contributed by atoms with Gasteiger partial charge in [-0.3, -0.25) is 4.79 Å². The normalized spacial score (nSPS) is 10.2. The zero-order chi connectivity index (χ0) is 16.5. The molecule has 4 nitrogen and oxygen atoms in total. The lowest BCUT2D eigenvalue weighted by Gasteiger charge is -2.09. The number of rotatable bonds is 8. The van der Waals surface area contributed by atoms with Crippen LogP contribution < -0.4 is 14.8 Å². The van der Waals surface area contributed by atoms with E-state index in [1.54, 1.807) is 7.11 Å². The SMILES string of the molecule is COc1ccccc1CCNC(=O)CCOc1ccc(F)cc1. The van der Waals surface area contributed by atoms with Crippen LogP contribution in [0.4, 0.5) is 4.39 Å². The van der Waals surface area contributed by atoms with Crippen molar-refractivity contribution in [2.75, 3.05) is 20.3 Å². The van der Waals surface area contributed by atoms with E-state index in [9.17, 15) is 9.18 Å². The van der Waals surface area contributed by atoms with Crippen LogP contribution in [-0.2, 0) is 11.2 Å². The number of carbonyl (C=O) groups is 1. The van der Waals surface area contributed by atoms with Gasteiger partial charge >= 0.3 is 0 Å². The van der Waals surface area contributed by atoms with Crippen LogP contribution in [0.25, 0.3) is 0 Å². The third kappa shape index (κ3) is 5.62. The fourth-order valence-corrected chi connectivity index (χ4v) is 2.13. The van der Waals surface area contributed by atoms with Crippen molar-refractivity contribution in [1.82, 2.24) is 5.32 Å². The highest BCUT2D eigenvalue weighted by molar-refractivity contribution is 5.76. The number of halogens is 1. The largest absolute Gasteiger partial charge is 0.496 e. The zero-order valence-electron chi connectivity index (χ0n) is 13.0. The van der Waals surface area contributed by atoms with Crippen LogP contribution in [0.5, 0.6) is 11.5 Å². The summed E-state index contributed by atoms with van der Waals surface area (Å²) in [6.45, 7) is 0.794. The van der Waals surface area contributed by atoms with Gasteiger partial charge in [0.25, 0.3) is 0 Å². The Hall–Kier alpha value is -2.56. The van der Waals surface area contributed by atoms with Gasteiger partial charge in [0, 0.05) is 6.54 Å². The molecule has 0 heterocycles. The van der Waals surface area contributed by atoms with E-state index in [0.717, 1.165) is 11.3 Å². The summed E-state index contributed by atoms with van der Waals surface area (Å²) in [7, 11) is 1.63. The Labute approximate surface area is 135 Å². The Kier molecular flexibility index (Phi) is 6.41. The summed E-state index contributed by atoms with van der Waals surface area (Å²) in [5.41, 5.74) is 1.05. The molecule has 1 amide bonds. The lowest BCUT2D eigenvalue weighted by molar-refractivity contribution is -0.121. The van der Waals surface area contributed by atoms with Crippen molar-refractivity contribution in [3.05, 3.63) is 59.9 Å². The minimum absolute atomic E-state index is 0.0815. The first-order chi connectivity index (χ1) is 11.2. The van der Waals surface area contributed by atoms with Crippen molar-refractivity contribution in [3.8, 4) is 11.5 Å². The summed E-state index contributed by atoms with van der Waals surface area (Å²) < 4.78 is 23.4. The number of hydrogen-bond acceptors (Lipinski definition) is 3. The Morgan fingerprint density at radius 3 is 2.61 bits per heavy atom. The van der Waals surface area contributed by atoms with Crippen molar-refractivity contribution in [2.24, 2.45) is 0 Å². The molecule has 2 rings (SSSR count). The molecule has 0 saturated carbocycles. The predicted octanol–water partition coefficient (Wildman–Crippen LogP) is 2.96. The highest BCUT2D eigenvalue weighted by atomic mass is 19.1. The number of ether oxygens (including phenoxy) is 2. The van der Waals surface area contributed by atoms with E-state index >= 15 is 0 Å². The van der Waals surface area contributed by atoms with Gasteiger partial charge in [0.2, 0.25) is 5.91 Å². The van der Waals surface area contributed by atoms with E-state index in [-0.39, 0.29) is 24.8 Å². The molecule has 0 aliphatic heterocycles. The lowest BCUT2D eigenvalue weighted by Crippen LogP contribution is -2.27. The standard InChI is InChI=1S/C18H20FNO3/c1-22-17-5-3-2-4-14(17)10-12-20-18(21)11-13-23-16-8-6-15(19)7-9-16/h2-9H,10-13H2,1H3,(H,20,21). The summed E-state index contributed by atoms with van der Waals surface area (Å²) >= 11 is 0. The molecule has 0 fully saturated rings. The Morgan fingerprint density at radius 2 is 1.87 bits per heavy atom. The van der Waals surface area contributed by atoms with Crippen molar-refractivity contribution in [3.63, 3.8) is 0 Å². The molecule has 5 heteroatoms. The zero-order valence-corrected chi connectivity index (χ0v) is 13.0. The lowest BCUT2D eigenvalue weighted by atomic mass is 10.1. The molecule has 0 radical (unpaired) electrons. The number of carbonyl (C=O) groups excluding carboxylic acids is 1. The molecule has 2 aromatic rings. The average molecular weight is 317 g/mol. The summed E-state index contributed by atoms with van der Waals surface area (Å²) in [4.78, 5) is 11.7. The van der Waals surface area contributed by atoms with E-state index in [1.165, 1.54) is 24.3 Å². The molecule has 1 N–H and O–H groups in total. The van der Waals surface area contributed by atoms with Crippen LogP contribution in [-0.4, -0.2) is 26.2 Å². The Bertz CT molecular complexity index is 628. The highest BCUT2D eigenvalue weighted by Gasteiger charge is 2.04. The molecule has 0 aromatic heterocycles. The van der Waals surface area contributed by atoms with Gasteiger partial charge in [0.05, 0.1) is 20.1 Å². The molecular formula is C18H20FNO3. The second-order valence-electron chi connectivity index (χ2n) is 4.96. The van der Waals surface area contributed by atoms with Gasteiger partial charge in [-0.05, 0) is 42.3 Å². The molecule has 0 unspecified atom stereocenters. The maximum Gasteiger partial charge on any atom is 0.223 e. The van der Waals surface area contributed by atoms with Crippen LogP contribution >= 0.6 is 0 Å². The average Bonchev–Trinajstić information content (AvgIpc) is 2.57. The molecule has 0 spiro atoms. The smallest absolute Gasteiger partial charge is 0.223 e. The summed E-state index contributed by atoms with van der Waals surface area (Å²) in [6, 6.07) is 13.4. The van der Waals surface area contributed by atoms with E-state index in [1.807, 2.05) is 24.3 Å². The number of nitrogens with one attached hydrogen (secondary N) is 1. The van der Waals surface area contributed by atoms with E-state index in [4.69, 9.17) is 9.47 Å². The Balaban J connectivity index is 1.66. The fourth-order valence-electron chi connectivity index (χ4n) is 2.13. The topological polar surface area (TPSA) is 47.6 Å².